The molecule has 21 heavy (non-hydrogen) atoms. The molecule has 1 atom stereocenters. The van der Waals surface area contributed by atoms with Crippen molar-refractivity contribution >= 4 is 0 Å². The van der Waals surface area contributed by atoms with Crippen molar-refractivity contribution in [2.75, 3.05) is 0 Å². The maximum Gasteiger partial charge on any atom is 0.128 e. The molecule has 3 heteroatoms. The predicted octanol–water partition coefficient (Wildman–Crippen LogP) is 4.74. The van der Waals surface area contributed by atoms with Crippen molar-refractivity contribution in [1.29, 1.82) is 0 Å². The molecular formula is C18H21F2N. The average Bonchev–Trinajstić information content (AvgIpc) is 2.43. The summed E-state index contributed by atoms with van der Waals surface area (Å²) in [6, 6.07) is 7.61. The molecule has 1 unspecified atom stereocenters. The van der Waals surface area contributed by atoms with E-state index in [1.807, 2.05) is 6.92 Å². The molecule has 2 aromatic rings. The molecule has 0 aliphatic carbocycles. The molecule has 0 saturated carbocycles. The molecule has 0 aliphatic heterocycles. The highest BCUT2D eigenvalue weighted by Crippen LogP contribution is 2.20. The minimum absolute atomic E-state index is 0.248. The van der Waals surface area contributed by atoms with Crippen LogP contribution in [0.25, 0.3) is 0 Å². The lowest BCUT2D eigenvalue weighted by Gasteiger charge is -2.17. The quantitative estimate of drug-likeness (QED) is 0.857. The van der Waals surface area contributed by atoms with Crippen molar-refractivity contribution < 1.29 is 8.78 Å². The zero-order valence-electron chi connectivity index (χ0n) is 12.9. The highest BCUT2D eigenvalue weighted by molar-refractivity contribution is 5.36. The van der Waals surface area contributed by atoms with Gasteiger partial charge in [0, 0.05) is 18.2 Å². The van der Waals surface area contributed by atoms with Crippen LogP contribution >= 0.6 is 0 Å². The summed E-state index contributed by atoms with van der Waals surface area (Å²) in [6.07, 6.45) is 0. The first-order valence-electron chi connectivity index (χ1n) is 7.13. The third-order valence-corrected chi connectivity index (χ3v) is 3.98. The van der Waals surface area contributed by atoms with Crippen molar-refractivity contribution in [1.82, 2.24) is 5.32 Å². The molecule has 1 N–H and O–H groups in total. The van der Waals surface area contributed by atoms with Crippen molar-refractivity contribution in [2.24, 2.45) is 0 Å². The summed E-state index contributed by atoms with van der Waals surface area (Å²) in [5, 5.41) is 3.26. The van der Waals surface area contributed by atoms with E-state index in [9.17, 15) is 8.78 Å². The van der Waals surface area contributed by atoms with E-state index in [0.717, 1.165) is 6.07 Å². The molecule has 0 aromatic heterocycles. The highest BCUT2D eigenvalue weighted by Gasteiger charge is 2.12. The summed E-state index contributed by atoms with van der Waals surface area (Å²) in [5.74, 6) is -0.796. The number of benzene rings is 2. The van der Waals surface area contributed by atoms with Crippen molar-refractivity contribution in [2.45, 2.75) is 40.3 Å². The SMILES string of the molecule is Cc1cc(C)c(CNC(C)c2cc(F)ccc2F)cc1C. The normalized spacial score (nSPS) is 12.5. The van der Waals surface area contributed by atoms with Crippen LogP contribution in [0, 0.1) is 32.4 Å². The van der Waals surface area contributed by atoms with Gasteiger partial charge in [-0.05, 0) is 68.1 Å². The van der Waals surface area contributed by atoms with E-state index < -0.39 is 5.82 Å². The lowest BCUT2D eigenvalue weighted by atomic mass is 10.00. The third-order valence-electron chi connectivity index (χ3n) is 3.98. The molecule has 0 radical (unpaired) electrons. The second kappa shape index (κ2) is 6.35. The van der Waals surface area contributed by atoms with Gasteiger partial charge in [0.1, 0.15) is 11.6 Å². The van der Waals surface area contributed by atoms with E-state index in [2.05, 4.69) is 38.2 Å². The van der Waals surface area contributed by atoms with E-state index in [1.165, 1.54) is 34.4 Å². The first-order valence-corrected chi connectivity index (χ1v) is 7.13. The minimum Gasteiger partial charge on any atom is -0.306 e. The predicted molar refractivity (Wildman–Crippen MR) is 82.3 cm³/mol. The van der Waals surface area contributed by atoms with Gasteiger partial charge in [0.25, 0.3) is 0 Å². The molecule has 2 aromatic carbocycles. The van der Waals surface area contributed by atoms with Gasteiger partial charge in [-0.2, -0.15) is 0 Å². The molecule has 0 heterocycles. The molecule has 0 bridgehead atoms. The van der Waals surface area contributed by atoms with E-state index in [4.69, 9.17) is 0 Å². The number of hydrogen-bond acceptors (Lipinski definition) is 1. The van der Waals surface area contributed by atoms with E-state index in [0.29, 0.717) is 12.1 Å². The maximum atomic E-state index is 13.7. The fraction of sp³-hybridized carbons (Fsp3) is 0.333. The number of halogens is 2. The van der Waals surface area contributed by atoms with Gasteiger partial charge < -0.3 is 5.32 Å². The second-order valence-electron chi connectivity index (χ2n) is 5.63. The Kier molecular flexibility index (Phi) is 4.73. The van der Waals surface area contributed by atoms with Gasteiger partial charge in [-0.15, -0.1) is 0 Å². The lowest BCUT2D eigenvalue weighted by molar-refractivity contribution is 0.518. The maximum absolute atomic E-state index is 13.7. The van der Waals surface area contributed by atoms with Gasteiger partial charge in [0.2, 0.25) is 0 Å². The van der Waals surface area contributed by atoms with Gasteiger partial charge in [0.05, 0.1) is 0 Å². The number of rotatable bonds is 4. The third kappa shape index (κ3) is 3.67. The topological polar surface area (TPSA) is 12.0 Å². The van der Waals surface area contributed by atoms with Gasteiger partial charge in [-0.3, -0.25) is 0 Å². The van der Waals surface area contributed by atoms with Gasteiger partial charge in [-0.1, -0.05) is 12.1 Å². The summed E-state index contributed by atoms with van der Waals surface area (Å²) >= 11 is 0. The lowest BCUT2D eigenvalue weighted by Crippen LogP contribution is -2.20. The van der Waals surface area contributed by atoms with E-state index in [1.54, 1.807) is 0 Å². The Labute approximate surface area is 125 Å². The van der Waals surface area contributed by atoms with Crippen LogP contribution in [0.15, 0.2) is 30.3 Å². The Balaban J connectivity index is 2.12. The summed E-state index contributed by atoms with van der Waals surface area (Å²) in [5.41, 5.74) is 5.25. The number of hydrogen-bond donors (Lipinski definition) is 1. The Morgan fingerprint density at radius 3 is 2.33 bits per heavy atom. The monoisotopic (exact) mass is 289 g/mol. The fourth-order valence-electron chi connectivity index (χ4n) is 2.43. The molecule has 0 amide bonds. The van der Waals surface area contributed by atoms with Crippen LogP contribution in [0.5, 0.6) is 0 Å². The first-order chi connectivity index (χ1) is 9.88. The zero-order chi connectivity index (χ0) is 15.6. The zero-order valence-corrected chi connectivity index (χ0v) is 12.9. The summed E-state index contributed by atoms with van der Waals surface area (Å²) in [6.45, 7) is 8.70. The molecule has 2 rings (SSSR count). The van der Waals surface area contributed by atoms with Crippen LogP contribution in [0.1, 0.15) is 40.8 Å². The molecule has 0 spiro atoms. The van der Waals surface area contributed by atoms with Gasteiger partial charge >= 0.3 is 0 Å². The van der Waals surface area contributed by atoms with Crippen LogP contribution in [-0.4, -0.2) is 0 Å². The smallest absolute Gasteiger partial charge is 0.128 e. The van der Waals surface area contributed by atoms with Crippen molar-refractivity contribution in [3.8, 4) is 0 Å². The van der Waals surface area contributed by atoms with Crippen LogP contribution < -0.4 is 5.32 Å². The Morgan fingerprint density at radius 2 is 1.62 bits per heavy atom. The van der Waals surface area contributed by atoms with Crippen LogP contribution in [0.2, 0.25) is 0 Å². The van der Waals surface area contributed by atoms with E-state index in [-0.39, 0.29) is 11.9 Å². The molecular weight excluding hydrogens is 268 g/mol. The molecule has 0 saturated heterocycles. The highest BCUT2D eigenvalue weighted by atomic mass is 19.1. The molecule has 0 aliphatic rings. The minimum atomic E-state index is -0.414. The second-order valence-corrected chi connectivity index (χ2v) is 5.63. The fourth-order valence-corrected chi connectivity index (χ4v) is 2.43. The van der Waals surface area contributed by atoms with Crippen molar-refractivity contribution in [3.63, 3.8) is 0 Å². The van der Waals surface area contributed by atoms with E-state index >= 15 is 0 Å². The molecule has 0 fully saturated rings. The summed E-state index contributed by atoms with van der Waals surface area (Å²) in [7, 11) is 0. The summed E-state index contributed by atoms with van der Waals surface area (Å²) in [4.78, 5) is 0. The Hall–Kier alpha value is -1.74. The van der Waals surface area contributed by atoms with Crippen molar-refractivity contribution in [3.05, 3.63) is 69.8 Å². The average molecular weight is 289 g/mol. The standard InChI is InChI=1S/C18H21F2N/c1-11-7-13(3)15(8-12(11)2)10-21-14(4)17-9-16(19)5-6-18(17)20/h5-9,14,21H,10H2,1-4H3. The van der Waals surface area contributed by atoms with Crippen LogP contribution in [0.3, 0.4) is 0 Å². The Morgan fingerprint density at radius 1 is 0.952 bits per heavy atom. The molecule has 1 nitrogen and oxygen atoms in total. The van der Waals surface area contributed by atoms with Crippen LogP contribution in [0.4, 0.5) is 8.78 Å². The van der Waals surface area contributed by atoms with Crippen LogP contribution in [-0.2, 0) is 6.54 Å². The molecule has 112 valence electrons. The Bertz CT molecular complexity index is 650. The number of aryl methyl sites for hydroxylation is 3. The van der Waals surface area contributed by atoms with Gasteiger partial charge in [0.15, 0.2) is 0 Å². The summed E-state index contributed by atoms with van der Waals surface area (Å²) < 4.78 is 27.0. The first kappa shape index (κ1) is 15.6. The number of nitrogens with one attached hydrogen (secondary N) is 1. The largest absolute Gasteiger partial charge is 0.306 e. The van der Waals surface area contributed by atoms with Gasteiger partial charge in [-0.25, -0.2) is 8.78 Å².